The predicted molar refractivity (Wildman–Crippen MR) is 70.3 cm³/mol. The van der Waals surface area contributed by atoms with Gasteiger partial charge in [0, 0.05) is 6.54 Å². The Labute approximate surface area is 108 Å². The summed E-state index contributed by atoms with van der Waals surface area (Å²) in [6.07, 6.45) is 2.19. The maximum absolute atomic E-state index is 11.9. The molecule has 1 fully saturated rings. The van der Waals surface area contributed by atoms with Crippen molar-refractivity contribution in [1.82, 2.24) is 4.72 Å². The van der Waals surface area contributed by atoms with Crippen LogP contribution < -0.4 is 4.72 Å². The molecule has 18 heavy (non-hydrogen) atoms. The lowest BCUT2D eigenvalue weighted by molar-refractivity contribution is 0.282. The highest BCUT2D eigenvalue weighted by Crippen LogP contribution is 2.44. The summed E-state index contributed by atoms with van der Waals surface area (Å²) in [6, 6.07) is 7.02. The largest absolute Gasteiger partial charge is 0.392 e. The molecule has 4 nitrogen and oxygen atoms in total. The summed E-state index contributed by atoms with van der Waals surface area (Å²) in [5.41, 5.74) is 1.60. The Kier molecular flexibility index (Phi) is 3.75. The molecule has 1 aliphatic carbocycles. The number of aliphatic hydroxyl groups is 1. The van der Waals surface area contributed by atoms with Crippen LogP contribution in [-0.2, 0) is 22.4 Å². The lowest BCUT2D eigenvalue weighted by Crippen LogP contribution is -2.30. The van der Waals surface area contributed by atoms with E-state index in [1.54, 1.807) is 24.3 Å². The van der Waals surface area contributed by atoms with Gasteiger partial charge in [-0.3, -0.25) is 0 Å². The molecule has 0 aliphatic heterocycles. The van der Waals surface area contributed by atoms with Gasteiger partial charge in [-0.2, -0.15) is 0 Å². The molecule has 5 heteroatoms. The van der Waals surface area contributed by atoms with Gasteiger partial charge >= 0.3 is 0 Å². The van der Waals surface area contributed by atoms with Crippen LogP contribution in [0.15, 0.2) is 24.3 Å². The Hall–Kier alpha value is -0.910. The molecule has 0 amide bonds. The van der Waals surface area contributed by atoms with Gasteiger partial charge in [0.05, 0.1) is 12.4 Å². The third kappa shape index (κ3) is 3.80. The van der Waals surface area contributed by atoms with Crippen LogP contribution in [0.5, 0.6) is 0 Å². The third-order valence-corrected chi connectivity index (χ3v) is 4.65. The first-order valence-electron chi connectivity index (χ1n) is 6.09. The Bertz CT molecular complexity index is 521. The fourth-order valence-corrected chi connectivity index (χ4v) is 3.05. The fourth-order valence-electron chi connectivity index (χ4n) is 1.76. The molecule has 0 aromatic heterocycles. The second-order valence-corrected chi connectivity index (χ2v) is 7.18. The van der Waals surface area contributed by atoms with E-state index >= 15 is 0 Å². The minimum Gasteiger partial charge on any atom is -0.392 e. The lowest BCUT2D eigenvalue weighted by Gasteiger charge is -2.11. The Balaban J connectivity index is 1.97. The van der Waals surface area contributed by atoms with Crippen LogP contribution in [-0.4, -0.2) is 20.1 Å². The second-order valence-electron chi connectivity index (χ2n) is 5.37. The molecule has 0 unspecified atom stereocenters. The number of hydrogen-bond donors (Lipinski definition) is 2. The molecule has 0 atom stereocenters. The van der Waals surface area contributed by atoms with Crippen LogP contribution in [0.25, 0.3) is 0 Å². The quantitative estimate of drug-likeness (QED) is 0.820. The van der Waals surface area contributed by atoms with E-state index < -0.39 is 10.0 Å². The Morgan fingerprint density at radius 1 is 1.33 bits per heavy atom. The molecule has 1 saturated carbocycles. The van der Waals surface area contributed by atoms with E-state index in [4.69, 9.17) is 5.11 Å². The number of rotatable bonds is 6. The van der Waals surface area contributed by atoms with E-state index in [1.807, 2.05) is 0 Å². The van der Waals surface area contributed by atoms with Crippen LogP contribution in [0.2, 0.25) is 0 Å². The van der Waals surface area contributed by atoms with Crippen LogP contribution >= 0.6 is 0 Å². The van der Waals surface area contributed by atoms with E-state index in [-0.39, 0.29) is 17.8 Å². The summed E-state index contributed by atoms with van der Waals surface area (Å²) < 4.78 is 26.5. The summed E-state index contributed by atoms with van der Waals surface area (Å²) in [5, 5.41) is 9.01. The topological polar surface area (TPSA) is 66.4 Å². The maximum Gasteiger partial charge on any atom is 0.215 e. The standard InChI is InChI=1S/C13H19NO3S/c1-13(5-6-13)10-14-18(16,17)9-12-4-2-3-11(7-12)8-15/h2-4,7,14-15H,5-6,8-10H2,1H3. The van der Waals surface area contributed by atoms with Gasteiger partial charge in [0.25, 0.3) is 0 Å². The van der Waals surface area contributed by atoms with Crippen molar-refractivity contribution < 1.29 is 13.5 Å². The van der Waals surface area contributed by atoms with Crippen molar-refractivity contribution in [2.45, 2.75) is 32.1 Å². The fraction of sp³-hybridized carbons (Fsp3) is 0.538. The van der Waals surface area contributed by atoms with Gasteiger partial charge in [-0.15, -0.1) is 0 Å². The van der Waals surface area contributed by atoms with Gasteiger partial charge in [-0.05, 0) is 29.4 Å². The van der Waals surface area contributed by atoms with Gasteiger partial charge in [-0.25, -0.2) is 13.1 Å². The average molecular weight is 269 g/mol. The highest BCUT2D eigenvalue weighted by atomic mass is 32.2. The zero-order valence-electron chi connectivity index (χ0n) is 10.5. The zero-order valence-corrected chi connectivity index (χ0v) is 11.3. The first-order chi connectivity index (χ1) is 8.42. The summed E-state index contributed by atoms with van der Waals surface area (Å²) in [4.78, 5) is 0. The molecule has 0 heterocycles. The van der Waals surface area contributed by atoms with Gasteiger partial charge in [0.1, 0.15) is 0 Å². The normalized spacial score (nSPS) is 17.7. The summed E-state index contributed by atoms with van der Waals surface area (Å²) in [7, 11) is -3.28. The summed E-state index contributed by atoms with van der Waals surface area (Å²) in [6.45, 7) is 2.54. The monoisotopic (exact) mass is 269 g/mol. The number of nitrogens with one attached hydrogen (secondary N) is 1. The van der Waals surface area contributed by atoms with Gasteiger partial charge < -0.3 is 5.11 Å². The Morgan fingerprint density at radius 3 is 2.61 bits per heavy atom. The molecule has 1 aromatic rings. The van der Waals surface area contributed by atoms with Crippen molar-refractivity contribution in [3.05, 3.63) is 35.4 Å². The first kappa shape index (κ1) is 13.5. The molecular formula is C13H19NO3S. The predicted octanol–water partition coefficient (Wildman–Crippen LogP) is 1.40. The van der Waals surface area contributed by atoms with E-state index in [0.29, 0.717) is 12.1 Å². The molecule has 1 aliphatic rings. The molecule has 2 N–H and O–H groups in total. The van der Waals surface area contributed by atoms with E-state index in [0.717, 1.165) is 18.4 Å². The maximum atomic E-state index is 11.9. The van der Waals surface area contributed by atoms with E-state index in [2.05, 4.69) is 11.6 Å². The molecule has 0 spiro atoms. The van der Waals surface area contributed by atoms with Gasteiger partial charge in [0.15, 0.2) is 0 Å². The Morgan fingerprint density at radius 2 is 2.00 bits per heavy atom. The molecule has 0 bridgehead atoms. The molecule has 1 aromatic carbocycles. The third-order valence-electron chi connectivity index (χ3n) is 3.35. The number of aliphatic hydroxyl groups excluding tert-OH is 1. The van der Waals surface area contributed by atoms with Crippen molar-refractivity contribution in [2.75, 3.05) is 6.54 Å². The van der Waals surface area contributed by atoms with Crippen LogP contribution in [0, 0.1) is 5.41 Å². The minimum absolute atomic E-state index is 0.0308. The lowest BCUT2D eigenvalue weighted by atomic mass is 10.1. The summed E-state index contributed by atoms with van der Waals surface area (Å²) in [5.74, 6) is -0.0308. The molecule has 0 radical (unpaired) electrons. The van der Waals surface area contributed by atoms with Gasteiger partial charge in [-0.1, -0.05) is 31.2 Å². The zero-order chi connectivity index (χ0) is 13.2. The molecule has 0 saturated heterocycles. The van der Waals surface area contributed by atoms with Crippen molar-refractivity contribution in [3.8, 4) is 0 Å². The molecule has 2 rings (SSSR count). The second kappa shape index (κ2) is 4.99. The minimum atomic E-state index is -3.28. The van der Waals surface area contributed by atoms with E-state index in [9.17, 15) is 8.42 Å². The highest BCUT2D eigenvalue weighted by Gasteiger charge is 2.37. The SMILES string of the molecule is CC1(CNS(=O)(=O)Cc2cccc(CO)c2)CC1. The first-order valence-corrected chi connectivity index (χ1v) is 7.74. The van der Waals surface area contributed by atoms with Gasteiger partial charge in [0.2, 0.25) is 10.0 Å². The number of benzene rings is 1. The number of hydrogen-bond acceptors (Lipinski definition) is 3. The summed E-state index contributed by atoms with van der Waals surface area (Å²) >= 11 is 0. The van der Waals surface area contributed by atoms with Crippen LogP contribution in [0.1, 0.15) is 30.9 Å². The number of sulfonamides is 1. The van der Waals surface area contributed by atoms with E-state index in [1.165, 1.54) is 0 Å². The molecular weight excluding hydrogens is 250 g/mol. The van der Waals surface area contributed by atoms with Crippen molar-refractivity contribution >= 4 is 10.0 Å². The highest BCUT2D eigenvalue weighted by molar-refractivity contribution is 7.88. The average Bonchev–Trinajstić information content (AvgIpc) is 3.06. The molecule has 100 valence electrons. The van der Waals surface area contributed by atoms with Crippen molar-refractivity contribution in [2.24, 2.45) is 5.41 Å². The van der Waals surface area contributed by atoms with Crippen molar-refractivity contribution in [3.63, 3.8) is 0 Å². The van der Waals surface area contributed by atoms with Crippen LogP contribution in [0.3, 0.4) is 0 Å². The van der Waals surface area contributed by atoms with Crippen molar-refractivity contribution in [1.29, 1.82) is 0 Å². The smallest absolute Gasteiger partial charge is 0.215 e. The van der Waals surface area contributed by atoms with Crippen LogP contribution in [0.4, 0.5) is 0 Å².